The summed E-state index contributed by atoms with van der Waals surface area (Å²) in [5.41, 5.74) is 0.516. The van der Waals surface area contributed by atoms with E-state index in [-0.39, 0.29) is 18.4 Å². The van der Waals surface area contributed by atoms with Gasteiger partial charge in [-0.1, -0.05) is 6.07 Å². The predicted molar refractivity (Wildman–Crippen MR) is 106 cm³/mol. The molecule has 9 heteroatoms. The van der Waals surface area contributed by atoms with Gasteiger partial charge in [0, 0.05) is 39.0 Å². The second-order valence-corrected chi connectivity index (χ2v) is 7.67. The topological polar surface area (TPSA) is 80.1 Å². The molecule has 7 nitrogen and oxygen atoms in total. The average Bonchev–Trinajstić information content (AvgIpc) is 3.27. The van der Waals surface area contributed by atoms with Crippen LogP contribution in [0.5, 0.6) is 0 Å². The molecule has 0 aliphatic carbocycles. The van der Waals surface area contributed by atoms with Crippen molar-refractivity contribution in [2.24, 2.45) is 5.92 Å². The highest BCUT2D eigenvalue weighted by Gasteiger charge is 2.23. The van der Waals surface area contributed by atoms with Crippen LogP contribution >= 0.6 is 0 Å². The number of carbonyl (C=O) groups is 2. The van der Waals surface area contributed by atoms with Crippen molar-refractivity contribution in [2.45, 2.75) is 51.6 Å². The summed E-state index contributed by atoms with van der Waals surface area (Å²) >= 11 is 0. The third kappa shape index (κ3) is 6.60. The van der Waals surface area contributed by atoms with E-state index >= 15 is 0 Å². The number of hydrogen-bond donors (Lipinski definition) is 1. The minimum absolute atomic E-state index is 0.129. The number of piperidine rings is 1. The summed E-state index contributed by atoms with van der Waals surface area (Å²) in [4.78, 5) is 30.4. The molecule has 1 aliphatic rings. The van der Waals surface area contributed by atoms with Crippen molar-refractivity contribution in [3.63, 3.8) is 0 Å². The number of amides is 2. The Labute approximate surface area is 174 Å². The summed E-state index contributed by atoms with van der Waals surface area (Å²) in [6, 6.07) is 3.59. The van der Waals surface area contributed by atoms with Gasteiger partial charge in [-0.15, -0.1) is 0 Å². The quantitative estimate of drug-likeness (QED) is 0.678. The highest BCUT2D eigenvalue weighted by atomic mass is 19.2. The Morgan fingerprint density at radius 1 is 1.20 bits per heavy atom. The molecule has 162 valence electrons. The number of halogens is 2. The zero-order valence-electron chi connectivity index (χ0n) is 16.9. The van der Waals surface area contributed by atoms with Gasteiger partial charge in [0.1, 0.15) is 12.7 Å². The number of aromatic nitrogens is 3. The van der Waals surface area contributed by atoms with Crippen LogP contribution in [0.2, 0.25) is 0 Å². The Kier molecular flexibility index (Phi) is 7.87. The lowest BCUT2D eigenvalue weighted by Gasteiger charge is -2.33. The van der Waals surface area contributed by atoms with E-state index < -0.39 is 11.6 Å². The molecule has 0 unspecified atom stereocenters. The van der Waals surface area contributed by atoms with E-state index in [1.54, 1.807) is 11.0 Å². The van der Waals surface area contributed by atoms with Gasteiger partial charge in [-0.25, -0.2) is 13.8 Å². The van der Waals surface area contributed by atoms with Gasteiger partial charge in [0.15, 0.2) is 11.6 Å². The number of benzene rings is 1. The number of likely N-dealkylation sites (tertiary alicyclic amines) is 1. The minimum Gasteiger partial charge on any atom is -0.352 e. The molecule has 2 amide bonds. The van der Waals surface area contributed by atoms with Gasteiger partial charge in [0.2, 0.25) is 11.8 Å². The van der Waals surface area contributed by atoms with Crippen LogP contribution in [-0.2, 0) is 22.7 Å². The second-order valence-electron chi connectivity index (χ2n) is 7.67. The van der Waals surface area contributed by atoms with E-state index in [9.17, 15) is 18.4 Å². The number of nitrogens with zero attached hydrogens (tertiary/aromatic N) is 4. The van der Waals surface area contributed by atoms with Crippen LogP contribution in [-0.4, -0.2) is 44.6 Å². The first-order chi connectivity index (χ1) is 14.5. The van der Waals surface area contributed by atoms with Crippen molar-refractivity contribution in [2.75, 3.05) is 13.1 Å². The molecule has 1 aromatic heterocycles. The predicted octanol–water partition coefficient (Wildman–Crippen LogP) is 2.67. The Bertz CT molecular complexity index is 844. The summed E-state index contributed by atoms with van der Waals surface area (Å²) in [7, 11) is 0. The third-order valence-corrected chi connectivity index (χ3v) is 5.37. The van der Waals surface area contributed by atoms with Crippen LogP contribution in [0.15, 0.2) is 30.9 Å². The molecular formula is C21H27F2N5O2. The molecule has 1 aliphatic heterocycles. The van der Waals surface area contributed by atoms with E-state index in [1.165, 1.54) is 12.4 Å². The first-order valence-corrected chi connectivity index (χ1v) is 10.3. The van der Waals surface area contributed by atoms with Crippen LogP contribution in [0, 0.1) is 17.6 Å². The molecule has 0 bridgehead atoms. The summed E-state index contributed by atoms with van der Waals surface area (Å²) < 4.78 is 27.9. The SMILES string of the molecule is O=C(CC[C@@H]1CCCN(C(=O)CCCn2cncn2)C1)NCc1ccc(F)c(F)c1. The van der Waals surface area contributed by atoms with E-state index in [0.29, 0.717) is 43.8 Å². The number of nitrogens with one attached hydrogen (secondary N) is 1. The molecule has 1 N–H and O–H groups in total. The van der Waals surface area contributed by atoms with Crippen molar-refractivity contribution in [3.8, 4) is 0 Å². The lowest BCUT2D eigenvalue weighted by atomic mass is 9.93. The molecule has 1 fully saturated rings. The maximum atomic E-state index is 13.2. The fourth-order valence-electron chi connectivity index (χ4n) is 3.70. The molecule has 3 rings (SSSR count). The van der Waals surface area contributed by atoms with Gasteiger partial charge in [-0.05, 0) is 49.3 Å². The van der Waals surface area contributed by atoms with E-state index in [0.717, 1.165) is 37.9 Å². The summed E-state index contributed by atoms with van der Waals surface area (Å²) in [6.07, 6.45) is 7.30. The van der Waals surface area contributed by atoms with Crippen molar-refractivity contribution >= 4 is 11.8 Å². The zero-order chi connectivity index (χ0) is 21.3. The smallest absolute Gasteiger partial charge is 0.222 e. The van der Waals surface area contributed by atoms with Crippen LogP contribution in [0.4, 0.5) is 8.78 Å². The van der Waals surface area contributed by atoms with E-state index in [4.69, 9.17) is 0 Å². The van der Waals surface area contributed by atoms with Crippen LogP contribution in [0.3, 0.4) is 0 Å². The van der Waals surface area contributed by atoms with Gasteiger partial charge in [-0.2, -0.15) is 5.10 Å². The maximum absolute atomic E-state index is 13.2. The lowest BCUT2D eigenvalue weighted by Crippen LogP contribution is -2.40. The largest absolute Gasteiger partial charge is 0.352 e. The monoisotopic (exact) mass is 419 g/mol. The number of rotatable bonds is 9. The summed E-state index contributed by atoms with van der Waals surface area (Å²) in [5, 5.41) is 6.77. The average molecular weight is 419 g/mol. The van der Waals surface area contributed by atoms with E-state index in [1.807, 2.05) is 4.90 Å². The first-order valence-electron chi connectivity index (χ1n) is 10.3. The molecule has 30 heavy (non-hydrogen) atoms. The van der Waals surface area contributed by atoms with Crippen molar-refractivity contribution in [1.29, 1.82) is 0 Å². The van der Waals surface area contributed by atoms with Gasteiger partial charge in [0.25, 0.3) is 0 Å². The maximum Gasteiger partial charge on any atom is 0.222 e. The lowest BCUT2D eigenvalue weighted by molar-refractivity contribution is -0.133. The number of aryl methyl sites for hydroxylation is 1. The Hall–Kier alpha value is -2.84. The Morgan fingerprint density at radius 3 is 2.83 bits per heavy atom. The molecule has 1 saturated heterocycles. The highest BCUT2D eigenvalue weighted by Crippen LogP contribution is 2.22. The third-order valence-electron chi connectivity index (χ3n) is 5.37. The summed E-state index contributed by atoms with van der Waals surface area (Å²) in [5.74, 6) is -1.51. The number of hydrogen-bond acceptors (Lipinski definition) is 4. The van der Waals surface area contributed by atoms with Crippen LogP contribution in [0.1, 0.15) is 44.1 Å². The summed E-state index contributed by atoms with van der Waals surface area (Å²) in [6.45, 7) is 2.28. The van der Waals surface area contributed by atoms with Gasteiger partial charge >= 0.3 is 0 Å². The molecule has 0 spiro atoms. The van der Waals surface area contributed by atoms with Crippen LogP contribution < -0.4 is 5.32 Å². The molecule has 0 radical (unpaired) electrons. The molecule has 1 atom stereocenters. The molecular weight excluding hydrogens is 392 g/mol. The molecule has 0 saturated carbocycles. The standard InChI is InChI=1S/C21H27F2N5O2/c22-18-7-5-17(11-19(18)23)12-25-20(29)8-6-16-3-1-9-27(13-16)21(30)4-2-10-28-15-24-14-26-28/h5,7,11,14-16H,1-4,6,8-10,12-13H2,(H,25,29)/t16-/m0/s1. The van der Waals surface area contributed by atoms with Gasteiger partial charge < -0.3 is 10.2 Å². The normalized spacial score (nSPS) is 16.5. The Balaban J connectivity index is 1.35. The van der Waals surface area contributed by atoms with E-state index in [2.05, 4.69) is 15.4 Å². The first kappa shape index (κ1) is 21.9. The fraction of sp³-hybridized carbons (Fsp3) is 0.524. The zero-order valence-corrected chi connectivity index (χ0v) is 16.9. The van der Waals surface area contributed by atoms with Gasteiger partial charge in [-0.3, -0.25) is 14.3 Å². The molecule has 2 aromatic rings. The molecule has 2 heterocycles. The fourth-order valence-corrected chi connectivity index (χ4v) is 3.70. The van der Waals surface area contributed by atoms with Crippen molar-refractivity contribution in [3.05, 3.63) is 48.1 Å². The van der Waals surface area contributed by atoms with Crippen LogP contribution in [0.25, 0.3) is 0 Å². The van der Waals surface area contributed by atoms with Crippen molar-refractivity contribution < 1.29 is 18.4 Å². The molecule has 1 aromatic carbocycles. The van der Waals surface area contributed by atoms with Crippen molar-refractivity contribution in [1.82, 2.24) is 25.0 Å². The second kappa shape index (κ2) is 10.8. The number of carbonyl (C=O) groups excluding carboxylic acids is 2. The minimum atomic E-state index is -0.921. The van der Waals surface area contributed by atoms with Gasteiger partial charge in [0.05, 0.1) is 0 Å². The Morgan fingerprint density at radius 2 is 2.07 bits per heavy atom. The highest BCUT2D eigenvalue weighted by molar-refractivity contribution is 5.76.